The maximum Gasteiger partial charge on any atom is 0.231 e. The molecule has 0 fully saturated rings. The second kappa shape index (κ2) is 5.25. The van der Waals surface area contributed by atoms with Crippen LogP contribution in [0, 0.1) is 0 Å². The quantitative estimate of drug-likeness (QED) is 0.810. The predicted octanol–water partition coefficient (Wildman–Crippen LogP) is 3.18. The van der Waals surface area contributed by atoms with E-state index in [4.69, 9.17) is 9.47 Å². The van der Waals surface area contributed by atoms with Crippen LogP contribution in [0.2, 0.25) is 0 Å². The summed E-state index contributed by atoms with van der Waals surface area (Å²) < 4.78 is 10.9. The maximum absolute atomic E-state index is 5.45. The minimum absolute atomic E-state index is 0.299. The number of nitrogens with zero attached hydrogens (tertiary/aromatic N) is 2. The lowest BCUT2D eigenvalue weighted by atomic mass is 10.1. The molecule has 1 aromatic carbocycles. The summed E-state index contributed by atoms with van der Waals surface area (Å²) in [4.78, 5) is 6.67. The lowest BCUT2D eigenvalue weighted by Crippen LogP contribution is -2.20. The Morgan fingerprint density at radius 3 is 2.89 bits per heavy atom. The van der Waals surface area contributed by atoms with Crippen LogP contribution >= 0.6 is 15.9 Å². The van der Waals surface area contributed by atoms with Gasteiger partial charge in [0.15, 0.2) is 11.5 Å². The molecule has 1 aromatic heterocycles. The van der Waals surface area contributed by atoms with Crippen molar-refractivity contribution in [1.29, 1.82) is 0 Å². The molecule has 19 heavy (non-hydrogen) atoms. The number of pyridine rings is 1. The maximum atomic E-state index is 5.45. The summed E-state index contributed by atoms with van der Waals surface area (Å²) in [6.45, 7) is 1.26. The van der Waals surface area contributed by atoms with Crippen LogP contribution in [-0.2, 0) is 0 Å². The number of hydrogen-bond acceptors (Lipinski definition) is 4. The van der Waals surface area contributed by atoms with E-state index in [2.05, 4.69) is 32.9 Å². The van der Waals surface area contributed by atoms with Crippen LogP contribution in [0.15, 0.2) is 24.4 Å². The monoisotopic (exact) mass is 322 g/mol. The third kappa shape index (κ3) is 2.34. The molecule has 4 nitrogen and oxygen atoms in total. The van der Waals surface area contributed by atoms with Crippen molar-refractivity contribution in [1.82, 2.24) is 4.98 Å². The van der Waals surface area contributed by atoms with E-state index in [-0.39, 0.29) is 0 Å². The molecule has 2 heterocycles. The number of halogens is 1. The predicted molar refractivity (Wildman–Crippen MR) is 79.5 cm³/mol. The third-order valence-corrected chi connectivity index (χ3v) is 3.79. The Morgan fingerprint density at radius 2 is 2.11 bits per heavy atom. The van der Waals surface area contributed by atoms with Gasteiger partial charge in [-0.3, -0.25) is 0 Å². The number of benzene rings is 1. The first-order valence-corrected chi connectivity index (χ1v) is 7.37. The van der Waals surface area contributed by atoms with E-state index < -0.39 is 0 Å². The molecule has 3 rings (SSSR count). The fourth-order valence-electron chi connectivity index (χ4n) is 2.25. The molecule has 2 aromatic rings. The van der Waals surface area contributed by atoms with Crippen molar-refractivity contribution in [3.63, 3.8) is 0 Å². The normalized spacial score (nSPS) is 12.9. The zero-order chi connectivity index (χ0) is 13.2. The van der Waals surface area contributed by atoms with Crippen molar-refractivity contribution in [2.24, 2.45) is 0 Å². The highest BCUT2D eigenvalue weighted by Crippen LogP contribution is 2.38. The zero-order valence-corrected chi connectivity index (χ0v) is 12.3. The van der Waals surface area contributed by atoms with Crippen LogP contribution in [0.3, 0.4) is 0 Å². The summed E-state index contributed by atoms with van der Waals surface area (Å²) in [5.41, 5.74) is 0. The van der Waals surface area contributed by atoms with E-state index in [1.165, 1.54) is 0 Å². The molecule has 5 heteroatoms. The van der Waals surface area contributed by atoms with Crippen LogP contribution in [0.5, 0.6) is 11.5 Å². The fourth-order valence-corrected chi connectivity index (χ4v) is 2.50. The molecule has 0 aliphatic carbocycles. The van der Waals surface area contributed by atoms with Gasteiger partial charge < -0.3 is 14.4 Å². The molecule has 0 bridgehead atoms. The second-order valence-electron chi connectivity index (χ2n) is 4.53. The number of hydrogen-bond donors (Lipinski definition) is 0. The van der Waals surface area contributed by atoms with Crippen LogP contribution in [-0.4, -0.2) is 30.7 Å². The standard InChI is InChI=1S/C14H15BrN2O2/c1-17(6-2-4-15)14-11-8-13-12(18-9-19-13)7-10(11)3-5-16-14/h3,5,7-8H,2,4,6,9H2,1H3. The minimum atomic E-state index is 0.299. The summed E-state index contributed by atoms with van der Waals surface area (Å²) >= 11 is 3.46. The first-order chi connectivity index (χ1) is 9.29. The Hall–Kier alpha value is -1.49. The molecule has 0 saturated carbocycles. The van der Waals surface area contributed by atoms with Gasteiger partial charge in [0.25, 0.3) is 0 Å². The second-order valence-corrected chi connectivity index (χ2v) is 5.32. The topological polar surface area (TPSA) is 34.6 Å². The molecule has 0 N–H and O–H groups in total. The fraction of sp³-hybridized carbons (Fsp3) is 0.357. The number of rotatable bonds is 4. The Kier molecular flexibility index (Phi) is 3.46. The Labute approximate surface area is 120 Å². The van der Waals surface area contributed by atoms with E-state index in [0.717, 1.165) is 46.4 Å². The molecule has 0 radical (unpaired) electrons. The first kappa shape index (κ1) is 12.5. The Bertz CT molecular complexity index is 603. The summed E-state index contributed by atoms with van der Waals surface area (Å²) in [7, 11) is 2.06. The summed E-state index contributed by atoms with van der Waals surface area (Å²) in [6.07, 6.45) is 2.92. The van der Waals surface area contributed by atoms with Crippen molar-refractivity contribution in [2.75, 3.05) is 30.6 Å². The van der Waals surface area contributed by atoms with Crippen molar-refractivity contribution in [2.45, 2.75) is 6.42 Å². The van der Waals surface area contributed by atoms with Crippen LogP contribution < -0.4 is 14.4 Å². The van der Waals surface area contributed by atoms with Gasteiger partial charge in [0, 0.05) is 30.5 Å². The van der Waals surface area contributed by atoms with Gasteiger partial charge >= 0.3 is 0 Å². The molecule has 1 aliphatic heterocycles. The van der Waals surface area contributed by atoms with Gasteiger partial charge in [0.2, 0.25) is 6.79 Å². The van der Waals surface area contributed by atoms with Gasteiger partial charge in [-0.15, -0.1) is 0 Å². The molecule has 0 atom stereocenters. The van der Waals surface area contributed by atoms with Gasteiger partial charge in [0.1, 0.15) is 5.82 Å². The molecule has 0 spiro atoms. The highest BCUT2D eigenvalue weighted by molar-refractivity contribution is 9.09. The lowest BCUT2D eigenvalue weighted by Gasteiger charge is -2.19. The Balaban J connectivity index is 2.04. The highest BCUT2D eigenvalue weighted by atomic mass is 79.9. The van der Waals surface area contributed by atoms with Crippen molar-refractivity contribution >= 4 is 32.5 Å². The third-order valence-electron chi connectivity index (χ3n) is 3.23. The molecule has 1 aliphatic rings. The minimum Gasteiger partial charge on any atom is -0.454 e. The molecule has 100 valence electrons. The molecular weight excluding hydrogens is 308 g/mol. The van der Waals surface area contributed by atoms with Crippen LogP contribution in [0.4, 0.5) is 5.82 Å². The van der Waals surface area contributed by atoms with Crippen molar-refractivity contribution < 1.29 is 9.47 Å². The average molecular weight is 323 g/mol. The van der Waals surface area contributed by atoms with Crippen molar-refractivity contribution in [3.8, 4) is 11.5 Å². The number of fused-ring (bicyclic) bond motifs is 2. The smallest absolute Gasteiger partial charge is 0.231 e. The van der Waals surface area contributed by atoms with E-state index in [9.17, 15) is 0 Å². The van der Waals surface area contributed by atoms with Gasteiger partial charge in [-0.25, -0.2) is 4.98 Å². The van der Waals surface area contributed by atoms with E-state index >= 15 is 0 Å². The largest absolute Gasteiger partial charge is 0.454 e. The molecule has 0 unspecified atom stereocenters. The average Bonchev–Trinajstić information content (AvgIpc) is 2.88. The summed E-state index contributed by atoms with van der Waals surface area (Å²) in [6, 6.07) is 6.03. The highest BCUT2D eigenvalue weighted by Gasteiger charge is 2.16. The zero-order valence-electron chi connectivity index (χ0n) is 10.7. The van der Waals surface area contributed by atoms with E-state index in [1.807, 2.05) is 24.4 Å². The number of anilines is 1. The van der Waals surface area contributed by atoms with E-state index in [0.29, 0.717) is 6.79 Å². The first-order valence-electron chi connectivity index (χ1n) is 6.25. The van der Waals surface area contributed by atoms with Gasteiger partial charge in [-0.2, -0.15) is 0 Å². The number of alkyl halides is 1. The SMILES string of the molecule is CN(CCCBr)c1nccc2cc3c(cc12)OCO3. The molecule has 0 saturated heterocycles. The summed E-state index contributed by atoms with van der Waals surface area (Å²) in [5, 5.41) is 3.22. The van der Waals surface area contributed by atoms with Gasteiger partial charge in [-0.05, 0) is 30.0 Å². The van der Waals surface area contributed by atoms with Gasteiger partial charge in [0.05, 0.1) is 0 Å². The van der Waals surface area contributed by atoms with Gasteiger partial charge in [-0.1, -0.05) is 15.9 Å². The number of ether oxygens (including phenoxy) is 2. The molecule has 0 amide bonds. The van der Waals surface area contributed by atoms with Crippen LogP contribution in [0.25, 0.3) is 10.8 Å². The molecular formula is C14H15BrN2O2. The number of aromatic nitrogens is 1. The van der Waals surface area contributed by atoms with Crippen molar-refractivity contribution in [3.05, 3.63) is 24.4 Å². The summed E-state index contributed by atoms with van der Waals surface area (Å²) in [5.74, 6) is 2.60. The Morgan fingerprint density at radius 1 is 1.32 bits per heavy atom. The lowest BCUT2D eigenvalue weighted by molar-refractivity contribution is 0.174. The van der Waals surface area contributed by atoms with Crippen LogP contribution in [0.1, 0.15) is 6.42 Å². The van der Waals surface area contributed by atoms with E-state index in [1.54, 1.807) is 0 Å².